The van der Waals surface area contributed by atoms with Crippen LogP contribution < -0.4 is 5.32 Å². The van der Waals surface area contributed by atoms with Gasteiger partial charge < -0.3 is 9.73 Å². The summed E-state index contributed by atoms with van der Waals surface area (Å²) in [5.74, 6) is -0.587. The van der Waals surface area contributed by atoms with E-state index in [9.17, 15) is 9.59 Å². The maximum Gasteiger partial charge on any atom is 0.248 e. The number of hydrogen-bond acceptors (Lipinski definition) is 3. The molecule has 1 N–H and O–H groups in total. The third-order valence-corrected chi connectivity index (χ3v) is 5.03. The number of furan rings is 1. The van der Waals surface area contributed by atoms with Crippen molar-refractivity contribution in [1.82, 2.24) is 0 Å². The number of halogens is 1. The number of carbonyl (C=O) groups excluding carboxylic acids is 2. The molecule has 3 aromatic carbocycles. The van der Waals surface area contributed by atoms with Crippen LogP contribution in [0, 0.1) is 6.92 Å². The van der Waals surface area contributed by atoms with Crippen LogP contribution in [0.5, 0.6) is 0 Å². The van der Waals surface area contributed by atoms with E-state index in [0.29, 0.717) is 27.2 Å². The predicted molar refractivity (Wildman–Crippen MR) is 120 cm³/mol. The number of carbonyl (C=O) groups is 2. The number of ketones is 1. The molecule has 0 spiro atoms. The highest BCUT2D eigenvalue weighted by molar-refractivity contribution is 6.32. The highest BCUT2D eigenvalue weighted by Gasteiger charge is 2.22. The van der Waals surface area contributed by atoms with Crippen molar-refractivity contribution in [1.29, 1.82) is 0 Å². The lowest BCUT2D eigenvalue weighted by atomic mass is 10.1. The molecule has 148 valence electrons. The first-order chi connectivity index (χ1) is 14.5. The van der Waals surface area contributed by atoms with Gasteiger partial charge in [-0.2, -0.15) is 0 Å². The first kappa shape index (κ1) is 19.7. The van der Waals surface area contributed by atoms with Gasteiger partial charge in [-0.25, -0.2) is 0 Å². The number of benzene rings is 3. The SMILES string of the molecule is Cc1ccc(C(=O)c2oc3ccccc3c2NC(=O)C=Cc2ccccc2Cl)cc1. The first-order valence-corrected chi connectivity index (χ1v) is 9.77. The molecule has 4 nitrogen and oxygen atoms in total. The maximum absolute atomic E-state index is 13.1. The normalized spacial score (nSPS) is 11.1. The van der Waals surface area contributed by atoms with Gasteiger partial charge in [0.1, 0.15) is 5.58 Å². The Bertz CT molecular complexity index is 1270. The van der Waals surface area contributed by atoms with Crippen LogP contribution in [-0.2, 0) is 4.79 Å². The van der Waals surface area contributed by atoms with Gasteiger partial charge in [-0.3, -0.25) is 9.59 Å². The number of fused-ring (bicyclic) bond motifs is 1. The van der Waals surface area contributed by atoms with Gasteiger partial charge in [0.2, 0.25) is 11.7 Å². The third kappa shape index (κ3) is 4.04. The molecular formula is C25H18ClNO3. The smallest absolute Gasteiger partial charge is 0.248 e. The van der Waals surface area contributed by atoms with E-state index in [4.69, 9.17) is 16.0 Å². The Kier molecular flexibility index (Phi) is 5.50. The Morgan fingerprint density at radius 3 is 2.40 bits per heavy atom. The highest BCUT2D eigenvalue weighted by atomic mass is 35.5. The van der Waals surface area contributed by atoms with Gasteiger partial charge in [-0.1, -0.05) is 71.8 Å². The fourth-order valence-electron chi connectivity index (χ4n) is 3.11. The first-order valence-electron chi connectivity index (χ1n) is 9.39. The van der Waals surface area contributed by atoms with E-state index in [1.54, 1.807) is 36.4 Å². The molecule has 4 aromatic rings. The average Bonchev–Trinajstić information content (AvgIpc) is 3.11. The summed E-state index contributed by atoms with van der Waals surface area (Å²) in [6, 6.07) is 21.6. The second-order valence-electron chi connectivity index (χ2n) is 6.84. The molecule has 0 saturated carbocycles. The minimum Gasteiger partial charge on any atom is -0.450 e. The van der Waals surface area contributed by atoms with Crippen molar-refractivity contribution in [3.8, 4) is 0 Å². The summed E-state index contributed by atoms with van der Waals surface area (Å²) in [5.41, 5.74) is 3.14. The average molecular weight is 416 g/mol. The Labute approximate surface area is 178 Å². The van der Waals surface area contributed by atoms with Crippen molar-refractivity contribution in [2.45, 2.75) is 6.92 Å². The summed E-state index contributed by atoms with van der Waals surface area (Å²) < 4.78 is 5.82. The molecule has 0 aliphatic rings. The van der Waals surface area contributed by atoms with Crippen LogP contribution in [0.2, 0.25) is 5.02 Å². The topological polar surface area (TPSA) is 59.3 Å². The fraction of sp³-hybridized carbons (Fsp3) is 0.0400. The number of amides is 1. The molecular weight excluding hydrogens is 398 g/mol. The number of para-hydroxylation sites is 1. The molecule has 4 rings (SSSR count). The number of hydrogen-bond donors (Lipinski definition) is 1. The zero-order valence-electron chi connectivity index (χ0n) is 16.2. The summed E-state index contributed by atoms with van der Waals surface area (Å²) >= 11 is 6.13. The largest absolute Gasteiger partial charge is 0.450 e. The predicted octanol–water partition coefficient (Wildman–Crippen LogP) is 6.28. The zero-order valence-corrected chi connectivity index (χ0v) is 16.9. The van der Waals surface area contributed by atoms with Crippen molar-refractivity contribution in [3.63, 3.8) is 0 Å². The molecule has 1 aromatic heterocycles. The molecule has 0 aliphatic carbocycles. The minimum atomic E-state index is -0.389. The van der Waals surface area contributed by atoms with Crippen molar-refractivity contribution >= 4 is 46.0 Å². The summed E-state index contributed by atoms with van der Waals surface area (Å²) in [6.45, 7) is 1.95. The molecule has 0 atom stereocenters. The molecule has 0 aliphatic heterocycles. The van der Waals surface area contributed by atoms with Crippen LogP contribution in [0.15, 0.2) is 83.3 Å². The molecule has 0 bridgehead atoms. The zero-order chi connectivity index (χ0) is 21.1. The van der Waals surface area contributed by atoms with Gasteiger partial charge in [0, 0.05) is 22.0 Å². The van der Waals surface area contributed by atoms with Gasteiger partial charge in [-0.15, -0.1) is 0 Å². The van der Waals surface area contributed by atoms with E-state index in [2.05, 4.69) is 5.32 Å². The van der Waals surface area contributed by atoms with Crippen LogP contribution >= 0.6 is 11.6 Å². The standard InChI is InChI=1S/C25H18ClNO3/c1-16-10-12-18(13-11-16)24(29)25-23(19-7-3-5-9-21(19)30-25)27-22(28)15-14-17-6-2-4-8-20(17)26/h2-15H,1H3,(H,27,28). The number of nitrogens with one attached hydrogen (secondary N) is 1. The molecule has 0 unspecified atom stereocenters. The van der Waals surface area contributed by atoms with Gasteiger partial charge in [0.25, 0.3) is 0 Å². The quantitative estimate of drug-likeness (QED) is 0.308. The van der Waals surface area contributed by atoms with E-state index in [1.165, 1.54) is 6.08 Å². The van der Waals surface area contributed by atoms with Gasteiger partial charge in [0.15, 0.2) is 5.76 Å². The second kappa shape index (κ2) is 8.39. The third-order valence-electron chi connectivity index (χ3n) is 4.68. The number of rotatable bonds is 5. The summed E-state index contributed by atoms with van der Waals surface area (Å²) in [4.78, 5) is 25.7. The lowest BCUT2D eigenvalue weighted by molar-refractivity contribution is -0.111. The molecule has 1 amide bonds. The van der Waals surface area contributed by atoms with Crippen LogP contribution in [0.4, 0.5) is 5.69 Å². The van der Waals surface area contributed by atoms with Crippen LogP contribution in [0.1, 0.15) is 27.2 Å². The lowest BCUT2D eigenvalue weighted by Gasteiger charge is -2.04. The fourth-order valence-corrected chi connectivity index (χ4v) is 3.30. The number of aryl methyl sites for hydroxylation is 1. The van der Waals surface area contributed by atoms with Crippen LogP contribution in [0.3, 0.4) is 0 Å². The van der Waals surface area contributed by atoms with Gasteiger partial charge in [0.05, 0.1) is 5.69 Å². The Hall–Kier alpha value is -3.63. The van der Waals surface area contributed by atoms with Crippen molar-refractivity contribution in [3.05, 3.63) is 106 Å². The van der Waals surface area contributed by atoms with Crippen LogP contribution in [-0.4, -0.2) is 11.7 Å². The minimum absolute atomic E-state index is 0.0968. The Morgan fingerprint density at radius 2 is 1.63 bits per heavy atom. The van der Waals surface area contributed by atoms with E-state index in [-0.39, 0.29) is 17.5 Å². The maximum atomic E-state index is 13.1. The van der Waals surface area contributed by atoms with Crippen molar-refractivity contribution < 1.29 is 14.0 Å². The molecule has 30 heavy (non-hydrogen) atoms. The van der Waals surface area contributed by atoms with Gasteiger partial charge in [-0.05, 0) is 36.8 Å². The molecule has 5 heteroatoms. The molecule has 0 radical (unpaired) electrons. The molecule has 1 heterocycles. The Morgan fingerprint density at radius 1 is 0.933 bits per heavy atom. The summed E-state index contributed by atoms with van der Waals surface area (Å²) in [5, 5.41) is 4.01. The van der Waals surface area contributed by atoms with Gasteiger partial charge >= 0.3 is 0 Å². The van der Waals surface area contributed by atoms with E-state index in [0.717, 1.165) is 11.1 Å². The van der Waals surface area contributed by atoms with E-state index < -0.39 is 0 Å². The van der Waals surface area contributed by atoms with Crippen LogP contribution in [0.25, 0.3) is 17.0 Å². The van der Waals surface area contributed by atoms with Crippen molar-refractivity contribution in [2.24, 2.45) is 0 Å². The van der Waals surface area contributed by atoms with E-state index in [1.807, 2.05) is 49.4 Å². The lowest BCUT2D eigenvalue weighted by Crippen LogP contribution is -2.11. The second-order valence-corrected chi connectivity index (χ2v) is 7.25. The summed E-state index contributed by atoms with van der Waals surface area (Å²) in [6.07, 6.45) is 3.00. The molecule has 0 saturated heterocycles. The van der Waals surface area contributed by atoms with Crippen molar-refractivity contribution in [2.75, 3.05) is 5.32 Å². The van der Waals surface area contributed by atoms with E-state index >= 15 is 0 Å². The summed E-state index contributed by atoms with van der Waals surface area (Å²) in [7, 11) is 0. The monoisotopic (exact) mass is 415 g/mol. The molecule has 0 fully saturated rings. The Balaban J connectivity index is 1.68. The number of anilines is 1. The highest BCUT2D eigenvalue weighted by Crippen LogP contribution is 2.32.